The van der Waals surface area contributed by atoms with Gasteiger partial charge in [0.05, 0.1) is 22.5 Å². The van der Waals surface area contributed by atoms with Gasteiger partial charge in [-0.1, -0.05) is 18.2 Å². The number of nitro groups is 1. The summed E-state index contributed by atoms with van der Waals surface area (Å²) in [6, 6.07) is 13.8. The van der Waals surface area contributed by atoms with E-state index in [9.17, 15) is 24.5 Å². The molecule has 0 aliphatic heterocycles. The SMILES string of the molecule is COC(=O)c1c(NC(=O)c2ccc([N+](=O)[O-])cc2)sc(C(=O)Nc2ccccc2)c1C. The van der Waals surface area contributed by atoms with Gasteiger partial charge in [0.1, 0.15) is 5.00 Å². The van der Waals surface area contributed by atoms with E-state index in [-0.39, 0.29) is 26.7 Å². The highest BCUT2D eigenvalue weighted by atomic mass is 32.1. The van der Waals surface area contributed by atoms with Gasteiger partial charge in [-0.15, -0.1) is 11.3 Å². The second kappa shape index (κ2) is 9.18. The average molecular weight is 439 g/mol. The van der Waals surface area contributed by atoms with E-state index in [1.54, 1.807) is 31.2 Å². The van der Waals surface area contributed by atoms with Crippen LogP contribution in [0.5, 0.6) is 0 Å². The Morgan fingerprint density at radius 1 is 0.968 bits per heavy atom. The first-order valence-electron chi connectivity index (χ1n) is 8.95. The van der Waals surface area contributed by atoms with Crippen molar-refractivity contribution in [1.82, 2.24) is 0 Å². The number of ether oxygens (including phenoxy) is 1. The number of benzene rings is 2. The first-order chi connectivity index (χ1) is 14.8. The summed E-state index contributed by atoms with van der Waals surface area (Å²) >= 11 is 0.935. The van der Waals surface area contributed by atoms with Crippen LogP contribution in [0.2, 0.25) is 0 Å². The molecule has 1 heterocycles. The molecule has 3 rings (SSSR count). The molecule has 9 nitrogen and oxygen atoms in total. The number of hydrogen-bond donors (Lipinski definition) is 2. The fourth-order valence-corrected chi connectivity index (χ4v) is 3.87. The zero-order valence-corrected chi connectivity index (χ0v) is 17.3. The van der Waals surface area contributed by atoms with E-state index in [0.717, 1.165) is 11.3 Å². The quantitative estimate of drug-likeness (QED) is 0.336. The number of nitrogens with zero attached hydrogens (tertiary/aromatic N) is 1. The molecule has 0 saturated heterocycles. The fourth-order valence-electron chi connectivity index (χ4n) is 2.79. The average Bonchev–Trinajstić information content (AvgIpc) is 3.09. The Balaban J connectivity index is 1.90. The molecule has 0 bridgehead atoms. The molecule has 0 atom stereocenters. The van der Waals surface area contributed by atoms with Gasteiger partial charge in [-0.25, -0.2) is 4.79 Å². The second-order valence-electron chi connectivity index (χ2n) is 6.33. The maximum atomic E-state index is 12.7. The van der Waals surface area contributed by atoms with Gasteiger partial charge in [0, 0.05) is 23.4 Å². The van der Waals surface area contributed by atoms with Crippen molar-refractivity contribution in [3.8, 4) is 0 Å². The van der Waals surface area contributed by atoms with Crippen molar-refractivity contribution in [3.05, 3.63) is 86.3 Å². The van der Waals surface area contributed by atoms with Gasteiger partial charge < -0.3 is 15.4 Å². The van der Waals surface area contributed by atoms with Crippen molar-refractivity contribution in [1.29, 1.82) is 0 Å². The minimum Gasteiger partial charge on any atom is -0.465 e. The van der Waals surface area contributed by atoms with E-state index in [4.69, 9.17) is 4.74 Å². The summed E-state index contributed by atoms with van der Waals surface area (Å²) in [5.74, 6) is -1.72. The normalized spacial score (nSPS) is 10.3. The predicted octanol–water partition coefficient (Wildman–Crippen LogP) is 4.26. The number of thiophene rings is 1. The van der Waals surface area contributed by atoms with Crippen LogP contribution in [0, 0.1) is 17.0 Å². The van der Waals surface area contributed by atoms with E-state index in [0.29, 0.717) is 11.3 Å². The van der Waals surface area contributed by atoms with Gasteiger partial charge in [-0.3, -0.25) is 19.7 Å². The third-order valence-electron chi connectivity index (χ3n) is 4.34. The number of hydrogen-bond acceptors (Lipinski definition) is 7. The molecule has 2 N–H and O–H groups in total. The Kier molecular flexibility index (Phi) is 6.41. The fraction of sp³-hybridized carbons (Fsp3) is 0.0952. The van der Waals surface area contributed by atoms with Crippen molar-refractivity contribution >= 4 is 45.5 Å². The Labute approximate surface area is 180 Å². The van der Waals surface area contributed by atoms with Gasteiger partial charge in [0.2, 0.25) is 0 Å². The Morgan fingerprint density at radius 3 is 2.19 bits per heavy atom. The lowest BCUT2D eigenvalue weighted by Gasteiger charge is -2.06. The molecular formula is C21H17N3O6S. The van der Waals surface area contributed by atoms with Crippen LogP contribution in [0.3, 0.4) is 0 Å². The van der Waals surface area contributed by atoms with Crippen molar-refractivity contribution in [2.45, 2.75) is 6.92 Å². The summed E-state index contributed by atoms with van der Waals surface area (Å²) in [5, 5.41) is 16.3. The highest BCUT2D eigenvalue weighted by molar-refractivity contribution is 7.19. The molecule has 0 unspecified atom stereocenters. The molecule has 10 heteroatoms. The monoisotopic (exact) mass is 439 g/mol. The number of para-hydroxylation sites is 1. The Bertz CT molecular complexity index is 1160. The largest absolute Gasteiger partial charge is 0.465 e. The van der Waals surface area contributed by atoms with Crippen LogP contribution in [-0.4, -0.2) is 29.8 Å². The summed E-state index contributed by atoms with van der Waals surface area (Å²) in [6.45, 7) is 1.59. The van der Waals surface area contributed by atoms with Crippen molar-refractivity contribution < 1.29 is 24.0 Å². The molecule has 158 valence electrons. The third kappa shape index (κ3) is 4.75. The number of esters is 1. The maximum absolute atomic E-state index is 12.7. The van der Waals surface area contributed by atoms with Crippen LogP contribution < -0.4 is 10.6 Å². The lowest BCUT2D eigenvalue weighted by molar-refractivity contribution is -0.384. The number of rotatable bonds is 6. The van der Waals surface area contributed by atoms with E-state index < -0.39 is 22.7 Å². The second-order valence-corrected chi connectivity index (χ2v) is 7.35. The predicted molar refractivity (Wildman–Crippen MR) is 116 cm³/mol. The minimum atomic E-state index is -0.702. The van der Waals surface area contributed by atoms with E-state index >= 15 is 0 Å². The molecule has 0 radical (unpaired) electrons. The molecule has 31 heavy (non-hydrogen) atoms. The van der Waals surface area contributed by atoms with Crippen LogP contribution in [0.4, 0.5) is 16.4 Å². The molecule has 0 spiro atoms. The summed E-state index contributed by atoms with van der Waals surface area (Å²) in [6.07, 6.45) is 0. The smallest absolute Gasteiger partial charge is 0.341 e. The van der Waals surface area contributed by atoms with Crippen molar-refractivity contribution in [2.24, 2.45) is 0 Å². The zero-order valence-electron chi connectivity index (χ0n) is 16.5. The lowest BCUT2D eigenvalue weighted by atomic mass is 10.1. The minimum absolute atomic E-state index is 0.0703. The molecular weight excluding hydrogens is 422 g/mol. The molecule has 2 amide bonds. The molecule has 0 fully saturated rings. The molecule has 2 aromatic carbocycles. The van der Waals surface area contributed by atoms with Gasteiger partial charge in [-0.2, -0.15) is 0 Å². The van der Waals surface area contributed by atoms with E-state index in [1.807, 2.05) is 6.07 Å². The highest BCUT2D eigenvalue weighted by Crippen LogP contribution is 2.34. The number of nitro benzene ring substituents is 1. The number of methoxy groups -OCH3 is 1. The summed E-state index contributed by atoms with van der Waals surface area (Å²) in [5.41, 5.74) is 1.02. The number of amides is 2. The summed E-state index contributed by atoms with van der Waals surface area (Å²) in [4.78, 5) is 48.1. The summed E-state index contributed by atoms with van der Waals surface area (Å²) in [7, 11) is 1.20. The third-order valence-corrected chi connectivity index (χ3v) is 5.55. The zero-order chi connectivity index (χ0) is 22.5. The Hall–Kier alpha value is -4.05. The standard InChI is InChI=1S/C21H17N3O6S/c1-12-16(21(27)30-2)20(23-18(25)13-8-10-15(11-9-13)24(28)29)31-17(12)19(26)22-14-6-4-3-5-7-14/h3-11H,1-2H3,(H,22,26)(H,23,25). The van der Waals surface area contributed by atoms with Gasteiger partial charge in [0.25, 0.3) is 17.5 Å². The number of anilines is 2. The van der Waals surface area contributed by atoms with Crippen LogP contribution in [-0.2, 0) is 4.74 Å². The van der Waals surface area contributed by atoms with Crippen LogP contribution in [0.25, 0.3) is 0 Å². The first-order valence-corrected chi connectivity index (χ1v) is 9.77. The lowest BCUT2D eigenvalue weighted by Crippen LogP contribution is -2.14. The van der Waals surface area contributed by atoms with Crippen LogP contribution >= 0.6 is 11.3 Å². The molecule has 3 aromatic rings. The number of non-ortho nitro benzene ring substituents is 1. The molecule has 0 aliphatic carbocycles. The van der Waals surface area contributed by atoms with E-state index in [2.05, 4.69) is 10.6 Å². The number of nitrogens with one attached hydrogen (secondary N) is 2. The molecule has 0 saturated carbocycles. The van der Waals surface area contributed by atoms with Crippen molar-refractivity contribution in [3.63, 3.8) is 0 Å². The van der Waals surface area contributed by atoms with Gasteiger partial charge in [0.15, 0.2) is 0 Å². The maximum Gasteiger partial charge on any atom is 0.341 e. The molecule has 1 aromatic heterocycles. The molecule has 0 aliphatic rings. The van der Waals surface area contributed by atoms with Crippen LogP contribution in [0.1, 0.15) is 36.0 Å². The van der Waals surface area contributed by atoms with Gasteiger partial charge >= 0.3 is 5.97 Å². The summed E-state index contributed by atoms with van der Waals surface area (Å²) < 4.78 is 4.81. The Morgan fingerprint density at radius 2 is 1.61 bits per heavy atom. The van der Waals surface area contributed by atoms with Gasteiger partial charge in [-0.05, 0) is 36.8 Å². The number of carbonyl (C=O) groups is 3. The number of carbonyl (C=O) groups excluding carboxylic acids is 3. The highest BCUT2D eigenvalue weighted by Gasteiger charge is 2.26. The van der Waals surface area contributed by atoms with Crippen molar-refractivity contribution in [2.75, 3.05) is 17.7 Å². The van der Waals surface area contributed by atoms with Crippen LogP contribution in [0.15, 0.2) is 54.6 Å². The first kappa shape index (κ1) is 21.7. The topological polar surface area (TPSA) is 128 Å². The van der Waals surface area contributed by atoms with E-state index in [1.165, 1.54) is 31.4 Å².